The lowest BCUT2D eigenvalue weighted by atomic mass is 9.90. The molecule has 0 saturated heterocycles. The molecule has 2 heteroatoms. The minimum absolute atomic E-state index is 0.129. The molecule has 0 amide bonds. The standard InChI is InChI=1S/C17H18Cl2/c1-10-9-11(2)13(4)16(12(10)3)17(19)14-5-7-15(18)8-6-14/h5-9,17H,1-4H3. The maximum Gasteiger partial charge on any atom is 0.0840 e. The zero-order valence-electron chi connectivity index (χ0n) is 11.7. The summed E-state index contributed by atoms with van der Waals surface area (Å²) in [5.41, 5.74) is 7.44. The lowest BCUT2D eigenvalue weighted by molar-refractivity contribution is 1.05. The third kappa shape index (κ3) is 2.80. The Labute approximate surface area is 125 Å². The van der Waals surface area contributed by atoms with Gasteiger partial charge in [-0.05, 0) is 73.2 Å². The Morgan fingerprint density at radius 1 is 0.842 bits per heavy atom. The molecule has 0 aromatic heterocycles. The highest BCUT2D eigenvalue weighted by Crippen LogP contribution is 2.36. The van der Waals surface area contributed by atoms with Crippen LogP contribution in [-0.4, -0.2) is 0 Å². The van der Waals surface area contributed by atoms with Gasteiger partial charge in [0.05, 0.1) is 5.38 Å². The normalized spacial score (nSPS) is 12.5. The Morgan fingerprint density at radius 3 is 1.79 bits per heavy atom. The van der Waals surface area contributed by atoms with E-state index in [-0.39, 0.29) is 5.38 Å². The summed E-state index contributed by atoms with van der Waals surface area (Å²) in [5.74, 6) is 0. The van der Waals surface area contributed by atoms with Gasteiger partial charge in [0.2, 0.25) is 0 Å². The molecule has 0 radical (unpaired) electrons. The number of aryl methyl sites for hydroxylation is 2. The van der Waals surface area contributed by atoms with Crippen LogP contribution in [0.15, 0.2) is 30.3 Å². The Balaban J connectivity index is 2.55. The van der Waals surface area contributed by atoms with Gasteiger partial charge in [-0.2, -0.15) is 0 Å². The molecule has 0 aliphatic rings. The van der Waals surface area contributed by atoms with Crippen molar-refractivity contribution in [2.75, 3.05) is 0 Å². The Kier molecular flexibility index (Phi) is 4.23. The van der Waals surface area contributed by atoms with Crippen molar-refractivity contribution < 1.29 is 0 Å². The zero-order valence-corrected chi connectivity index (χ0v) is 13.2. The van der Waals surface area contributed by atoms with Crippen molar-refractivity contribution in [3.05, 3.63) is 68.7 Å². The maximum atomic E-state index is 6.70. The topological polar surface area (TPSA) is 0 Å². The van der Waals surface area contributed by atoms with Crippen LogP contribution in [0.3, 0.4) is 0 Å². The fraction of sp³-hybridized carbons (Fsp3) is 0.294. The fourth-order valence-corrected chi connectivity index (χ4v) is 3.02. The molecule has 0 aliphatic heterocycles. The molecule has 0 saturated carbocycles. The number of halogens is 2. The molecule has 2 rings (SSSR count). The van der Waals surface area contributed by atoms with Crippen molar-refractivity contribution in [1.29, 1.82) is 0 Å². The number of alkyl halides is 1. The first-order valence-corrected chi connectivity index (χ1v) is 7.20. The van der Waals surface area contributed by atoms with Crippen LogP contribution in [0.2, 0.25) is 5.02 Å². The van der Waals surface area contributed by atoms with Gasteiger partial charge in [0.1, 0.15) is 0 Å². The summed E-state index contributed by atoms with van der Waals surface area (Å²) in [4.78, 5) is 0. The highest BCUT2D eigenvalue weighted by molar-refractivity contribution is 6.30. The SMILES string of the molecule is Cc1cc(C)c(C)c(C(Cl)c2ccc(Cl)cc2)c1C. The summed E-state index contributed by atoms with van der Waals surface area (Å²) in [6.45, 7) is 8.55. The van der Waals surface area contributed by atoms with E-state index in [0.29, 0.717) is 0 Å². The van der Waals surface area contributed by atoms with Gasteiger partial charge in [-0.15, -0.1) is 11.6 Å². The summed E-state index contributed by atoms with van der Waals surface area (Å²) in [7, 11) is 0. The van der Waals surface area contributed by atoms with E-state index in [4.69, 9.17) is 23.2 Å². The van der Waals surface area contributed by atoms with Gasteiger partial charge in [0.25, 0.3) is 0 Å². The van der Waals surface area contributed by atoms with Gasteiger partial charge in [-0.25, -0.2) is 0 Å². The lowest BCUT2D eigenvalue weighted by Gasteiger charge is -2.20. The van der Waals surface area contributed by atoms with E-state index in [0.717, 1.165) is 10.6 Å². The van der Waals surface area contributed by atoms with E-state index in [1.165, 1.54) is 27.8 Å². The molecule has 1 atom stereocenters. The van der Waals surface area contributed by atoms with E-state index < -0.39 is 0 Å². The van der Waals surface area contributed by atoms with Crippen LogP contribution in [0.1, 0.15) is 38.8 Å². The molecule has 19 heavy (non-hydrogen) atoms. The summed E-state index contributed by atoms with van der Waals surface area (Å²) in [6.07, 6.45) is 0. The minimum Gasteiger partial charge on any atom is -0.113 e. The zero-order chi connectivity index (χ0) is 14.2. The molecule has 100 valence electrons. The van der Waals surface area contributed by atoms with Crippen LogP contribution in [0, 0.1) is 27.7 Å². The molecule has 0 fully saturated rings. The number of rotatable bonds is 2. The third-order valence-electron chi connectivity index (χ3n) is 3.84. The van der Waals surface area contributed by atoms with E-state index in [1.54, 1.807) is 0 Å². The summed E-state index contributed by atoms with van der Waals surface area (Å²) < 4.78 is 0. The first-order valence-electron chi connectivity index (χ1n) is 6.38. The van der Waals surface area contributed by atoms with Crippen molar-refractivity contribution in [1.82, 2.24) is 0 Å². The van der Waals surface area contributed by atoms with Crippen LogP contribution in [0.4, 0.5) is 0 Å². The molecule has 0 aliphatic carbocycles. The molecule has 2 aromatic rings. The van der Waals surface area contributed by atoms with Gasteiger partial charge in [-0.1, -0.05) is 29.8 Å². The van der Waals surface area contributed by atoms with Crippen molar-refractivity contribution in [3.8, 4) is 0 Å². The van der Waals surface area contributed by atoms with Crippen molar-refractivity contribution in [3.63, 3.8) is 0 Å². The monoisotopic (exact) mass is 292 g/mol. The van der Waals surface area contributed by atoms with Crippen molar-refractivity contribution in [2.45, 2.75) is 33.1 Å². The second-order valence-corrected chi connectivity index (χ2v) is 5.96. The van der Waals surface area contributed by atoms with Gasteiger partial charge in [0, 0.05) is 5.02 Å². The predicted molar refractivity (Wildman–Crippen MR) is 84.5 cm³/mol. The number of hydrogen-bond acceptors (Lipinski definition) is 0. The second-order valence-electron chi connectivity index (χ2n) is 5.09. The predicted octanol–water partition coefficient (Wildman–Crippen LogP) is 5.90. The van der Waals surface area contributed by atoms with E-state index in [2.05, 4.69) is 33.8 Å². The number of benzene rings is 2. The second kappa shape index (κ2) is 5.56. The molecule has 0 bridgehead atoms. The van der Waals surface area contributed by atoms with E-state index in [1.807, 2.05) is 24.3 Å². The highest BCUT2D eigenvalue weighted by Gasteiger charge is 2.18. The lowest BCUT2D eigenvalue weighted by Crippen LogP contribution is -2.03. The van der Waals surface area contributed by atoms with Crippen LogP contribution >= 0.6 is 23.2 Å². The average molecular weight is 293 g/mol. The number of hydrogen-bond donors (Lipinski definition) is 0. The molecule has 2 aromatic carbocycles. The van der Waals surface area contributed by atoms with Gasteiger partial charge in [-0.3, -0.25) is 0 Å². The van der Waals surface area contributed by atoms with Crippen LogP contribution in [0.25, 0.3) is 0 Å². The third-order valence-corrected chi connectivity index (χ3v) is 4.56. The molecule has 0 spiro atoms. The van der Waals surface area contributed by atoms with Gasteiger partial charge >= 0.3 is 0 Å². The van der Waals surface area contributed by atoms with Crippen LogP contribution in [-0.2, 0) is 0 Å². The van der Waals surface area contributed by atoms with Crippen LogP contribution in [0.5, 0.6) is 0 Å². The molecule has 0 heterocycles. The summed E-state index contributed by atoms with van der Waals surface area (Å²) in [5, 5.41) is 0.609. The van der Waals surface area contributed by atoms with E-state index in [9.17, 15) is 0 Å². The van der Waals surface area contributed by atoms with Gasteiger partial charge < -0.3 is 0 Å². The Hall–Kier alpha value is -0.980. The summed E-state index contributed by atoms with van der Waals surface area (Å²) >= 11 is 12.6. The summed E-state index contributed by atoms with van der Waals surface area (Å²) in [6, 6.07) is 9.99. The minimum atomic E-state index is -0.129. The molecule has 0 N–H and O–H groups in total. The molecular formula is C17H18Cl2. The fourth-order valence-electron chi connectivity index (χ4n) is 2.43. The maximum absolute atomic E-state index is 6.70. The first kappa shape index (κ1) is 14.4. The Bertz CT molecular complexity index is 571. The van der Waals surface area contributed by atoms with Crippen LogP contribution < -0.4 is 0 Å². The van der Waals surface area contributed by atoms with E-state index >= 15 is 0 Å². The largest absolute Gasteiger partial charge is 0.113 e. The average Bonchev–Trinajstić information content (AvgIpc) is 2.37. The molecule has 0 nitrogen and oxygen atoms in total. The van der Waals surface area contributed by atoms with Crippen molar-refractivity contribution in [2.24, 2.45) is 0 Å². The molecule has 1 unspecified atom stereocenters. The van der Waals surface area contributed by atoms with Gasteiger partial charge in [0.15, 0.2) is 0 Å². The first-order chi connectivity index (χ1) is 8.91. The molecular weight excluding hydrogens is 275 g/mol. The smallest absolute Gasteiger partial charge is 0.0840 e. The van der Waals surface area contributed by atoms with Crippen molar-refractivity contribution >= 4 is 23.2 Å². The Morgan fingerprint density at radius 2 is 1.32 bits per heavy atom. The highest BCUT2D eigenvalue weighted by atomic mass is 35.5. The quantitative estimate of drug-likeness (QED) is 0.604.